The summed E-state index contributed by atoms with van der Waals surface area (Å²) in [4.78, 5) is 11.8. The number of ether oxygens (including phenoxy) is 1. The van der Waals surface area contributed by atoms with Crippen LogP contribution in [0.2, 0.25) is 0 Å². The molecule has 8 heteroatoms. The maximum atomic E-state index is 14.0. The number of halogens is 1. The van der Waals surface area contributed by atoms with Crippen LogP contribution >= 0.6 is 0 Å². The lowest BCUT2D eigenvalue weighted by atomic mass is 10.0. The molecular formula is C23H25FN6O. The van der Waals surface area contributed by atoms with Gasteiger partial charge in [-0.05, 0) is 49.6 Å². The molecule has 4 aromatic rings. The maximum Gasteiger partial charge on any atom is 0.226 e. The Balaban J connectivity index is 1.28. The molecule has 2 aromatic heterocycles. The highest BCUT2D eigenvalue weighted by Gasteiger charge is 2.22. The molecule has 7 nitrogen and oxygen atoms in total. The van der Waals surface area contributed by atoms with Crippen molar-refractivity contribution in [3.8, 4) is 5.75 Å². The van der Waals surface area contributed by atoms with Crippen LogP contribution in [0.25, 0.3) is 16.6 Å². The van der Waals surface area contributed by atoms with Gasteiger partial charge in [-0.2, -0.15) is 4.52 Å². The van der Waals surface area contributed by atoms with Crippen molar-refractivity contribution in [1.29, 1.82) is 0 Å². The lowest BCUT2D eigenvalue weighted by Crippen LogP contribution is -2.39. The highest BCUT2D eigenvalue weighted by Crippen LogP contribution is 2.24. The number of aromatic nitrogens is 4. The number of piperidine rings is 1. The SMILES string of the molecule is COc1ccc(CN2CCC(Nc3nc4ccccc4c4nc(C)nn34)CC2)cc1F. The number of aryl methyl sites for hydroxylation is 1. The van der Waals surface area contributed by atoms with Gasteiger partial charge in [0.1, 0.15) is 5.82 Å². The van der Waals surface area contributed by atoms with Crippen molar-refractivity contribution in [2.24, 2.45) is 0 Å². The zero-order valence-corrected chi connectivity index (χ0v) is 17.7. The molecule has 31 heavy (non-hydrogen) atoms. The average Bonchev–Trinajstić information content (AvgIpc) is 3.17. The van der Waals surface area contributed by atoms with Gasteiger partial charge in [-0.15, -0.1) is 5.10 Å². The Morgan fingerprint density at radius 3 is 2.71 bits per heavy atom. The van der Waals surface area contributed by atoms with Crippen molar-refractivity contribution in [3.05, 3.63) is 59.7 Å². The van der Waals surface area contributed by atoms with Crippen LogP contribution in [0.15, 0.2) is 42.5 Å². The molecule has 1 fully saturated rings. The van der Waals surface area contributed by atoms with Crippen molar-refractivity contribution >= 4 is 22.5 Å². The number of anilines is 1. The molecule has 0 unspecified atom stereocenters. The van der Waals surface area contributed by atoms with Crippen molar-refractivity contribution in [2.75, 3.05) is 25.5 Å². The average molecular weight is 420 g/mol. The van der Waals surface area contributed by atoms with Crippen molar-refractivity contribution < 1.29 is 9.13 Å². The first kappa shape index (κ1) is 19.7. The standard InChI is InChI=1S/C23H25FN6O/c1-15-25-22-18-5-3-4-6-20(18)27-23(30(22)28-15)26-17-9-11-29(12-10-17)14-16-7-8-21(31-2)19(24)13-16/h3-8,13,17H,9-12,14H2,1-2H3,(H,26,27). The fraction of sp³-hybridized carbons (Fsp3) is 0.348. The zero-order valence-electron chi connectivity index (χ0n) is 17.7. The van der Waals surface area contributed by atoms with Crippen LogP contribution in [-0.4, -0.2) is 50.7 Å². The van der Waals surface area contributed by atoms with E-state index >= 15 is 0 Å². The van der Waals surface area contributed by atoms with E-state index in [1.165, 1.54) is 7.11 Å². The molecule has 0 atom stereocenters. The highest BCUT2D eigenvalue weighted by molar-refractivity contribution is 5.92. The van der Waals surface area contributed by atoms with E-state index in [0.29, 0.717) is 6.04 Å². The van der Waals surface area contributed by atoms with Gasteiger partial charge in [0.15, 0.2) is 17.2 Å². The van der Waals surface area contributed by atoms with Crippen LogP contribution in [-0.2, 0) is 6.54 Å². The second-order valence-electron chi connectivity index (χ2n) is 8.01. The fourth-order valence-electron chi connectivity index (χ4n) is 4.24. The third-order valence-electron chi connectivity index (χ3n) is 5.83. The Morgan fingerprint density at radius 1 is 1.13 bits per heavy atom. The molecule has 2 aromatic carbocycles. The Morgan fingerprint density at radius 2 is 1.94 bits per heavy atom. The zero-order chi connectivity index (χ0) is 21.4. The summed E-state index contributed by atoms with van der Waals surface area (Å²) >= 11 is 0. The van der Waals surface area contributed by atoms with E-state index in [0.717, 1.165) is 66.4 Å². The molecular weight excluding hydrogens is 395 g/mol. The predicted octanol–water partition coefficient (Wildman–Crippen LogP) is 3.81. The van der Waals surface area contributed by atoms with Gasteiger partial charge in [0.2, 0.25) is 5.95 Å². The molecule has 0 amide bonds. The minimum atomic E-state index is -0.314. The minimum Gasteiger partial charge on any atom is -0.494 e. The molecule has 160 valence electrons. The maximum absolute atomic E-state index is 14.0. The van der Waals surface area contributed by atoms with Gasteiger partial charge in [-0.1, -0.05) is 18.2 Å². The Bertz CT molecular complexity index is 1230. The van der Waals surface area contributed by atoms with Crippen LogP contribution in [0.1, 0.15) is 24.2 Å². The van der Waals surface area contributed by atoms with E-state index < -0.39 is 0 Å². The number of nitrogens with one attached hydrogen (secondary N) is 1. The van der Waals surface area contributed by atoms with Crippen LogP contribution < -0.4 is 10.1 Å². The van der Waals surface area contributed by atoms with E-state index in [-0.39, 0.29) is 11.6 Å². The first-order chi connectivity index (χ1) is 15.1. The summed E-state index contributed by atoms with van der Waals surface area (Å²) in [6.45, 7) is 4.48. The molecule has 1 saturated heterocycles. The lowest BCUT2D eigenvalue weighted by molar-refractivity contribution is 0.210. The normalized spacial score (nSPS) is 15.6. The minimum absolute atomic E-state index is 0.282. The topological polar surface area (TPSA) is 67.6 Å². The number of rotatable bonds is 5. The largest absolute Gasteiger partial charge is 0.494 e. The summed E-state index contributed by atoms with van der Waals surface area (Å²) in [7, 11) is 1.48. The molecule has 0 radical (unpaired) electrons. The summed E-state index contributed by atoms with van der Waals surface area (Å²) < 4.78 is 20.8. The van der Waals surface area contributed by atoms with Crippen molar-refractivity contribution in [2.45, 2.75) is 32.4 Å². The monoisotopic (exact) mass is 420 g/mol. The van der Waals surface area contributed by atoms with E-state index in [2.05, 4.69) is 20.3 Å². The third-order valence-corrected chi connectivity index (χ3v) is 5.83. The van der Waals surface area contributed by atoms with Gasteiger partial charge >= 0.3 is 0 Å². The number of para-hydroxylation sites is 1. The smallest absolute Gasteiger partial charge is 0.226 e. The molecule has 0 spiro atoms. The number of likely N-dealkylation sites (tertiary alicyclic amines) is 1. The van der Waals surface area contributed by atoms with E-state index in [1.807, 2.05) is 41.8 Å². The molecule has 1 N–H and O–H groups in total. The highest BCUT2D eigenvalue weighted by atomic mass is 19.1. The van der Waals surface area contributed by atoms with Crippen LogP contribution in [0, 0.1) is 12.7 Å². The summed E-state index contributed by atoms with van der Waals surface area (Å²) in [5, 5.41) is 9.13. The number of hydrogen-bond donors (Lipinski definition) is 1. The lowest BCUT2D eigenvalue weighted by Gasteiger charge is -2.32. The first-order valence-electron chi connectivity index (χ1n) is 10.5. The molecule has 0 aliphatic carbocycles. The Labute approximate surface area is 179 Å². The predicted molar refractivity (Wildman–Crippen MR) is 118 cm³/mol. The van der Waals surface area contributed by atoms with E-state index in [1.54, 1.807) is 12.1 Å². The molecule has 1 aliphatic rings. The summed E-state index contributed by atoms with van der Waals surface area (Å²) in [6.07, 6.45) is 1.95. The second kappa shape index (κ2) is 8.11. The van der Waals surface area contributed by atoms with Crippen molar-refractivity contribution in [3.63, 3.8) is 0 Å². The number of methoxy groups -OCH3 is 1. The van der Waals surface area contributed by atoms with Crippen LogP contribution in [0.4, 0.5) is 10.3 Å². The number of benzene rings is 2. The van der Waals surface area contributed by atoms with Gasteiger partial charge in [-0.3, -0.25) is 4.90 Å². The Hall–Kier alpha value is -3.26. The van der Waals surface area contributed by atoms with Gasteiger partial charge in [0, 0.05) is 31.1 Å². The van der Waals surface area contributed by atoms with E-state index in [9.17, 15) is 4.39 Å². The van der Waals surface area contributed by atoms with Crippen LogP contribution in [0.3, 0.4) is 0 Å². The summed E-state index contributed by atoms with van der Waals surface area (Å²) in [5.41, 5.74) is 2.69. The molecule has 3 heterocycles. The van der Waals surface area contributed by atoms with E-state index in [4.69, 9.17) is 9.72 Å². The Kier molecular flexibility index (Phi) is 5.15. The third kappa shape index (κ3) is 3.90. The van der Waals surface area contributed by atoms with Gasteiger partial charge in [0.05, 0.1) is 12.6 Å². The molecule has 0 bridgehead atoms. The molecule has 1 aliphatic heterocycles. The fourth-order valence-corrected chi connectivity index (χ4v) is 4.24. The summed E-state index contributed by atoms with van der Waals surface area (Å²) in [6, 6.07) is 13.5. The summed E-state index contributed by atoms with van der Waals surface area (Å²) in [5.74, 6) is 1.42. The number of nitrogens with zero attached hydrogens (tertiary/aromatic N) is 5. The number of fused-ring (bicyclic) bond motifs is 3. The quantitative estimate of drug-likeness (QED) is 0.530. The van der Waals surface area contributed by atoms with Crippen molar-refractivity contribution in [1.82, 2.24) is 24.5 Å². The second-order valence-corrected chi connectivity index (χ2v) is 8.01. The number of hydrogen-bond acceptors (Lipinski definition) is 6. The van der Waals surface area contributed by atoms with Gasteiger partial charge in [0.25, 0.3) is 0 Å². The van der Waals surface area contributed by atoms with Gasteiger partial charge < -0.3 is 10.1 Å². The van der Waals surface area contributed by atoms with Gasteiger partial charge in [-0.25, -0.2) is 14.4 Å². The first-order valence-corrected chi connectivity index (χ1v) is 10.5. The van der Waals surface area contributed by atoms with Crippen LogP contribution in [0.5, 0.6) is 5.75 Å². The molecule has 5 rings (SSSR count). The molecule has 0 saturated carbocycles.